The van der Waals surface area contributed by atoms with Gasteiger partial charge in [-0.05, 0) is 34.8 Å². The third kappa shape index (κ3) is 3.06. The summed E-state index contributed by atoms with van der Waals surface area (Å²) in [7, 11) is -3.73. The number of hydrazine groups is 1. The Balaban J connectivity index is 2.45. The topological polar surface area (TPSA) is 109 Å². The lowest BCUT2D eigenvalue weighted by Gasteiger charge is -2.22. The molecule has 1 aromatic rings. The van der Waals surface area contributed by atoms with E-state index in [0.717, 1.165) is 12.8 Å². The number of aromatic nitrogens is 1. The van der Waals surface area contributed by atoms with Crippen molar-refractivity contribution in [2.45, 2.75) is 23.8 Å². The molecule has 9 heteroatoms. The number of nitrogens with two attached hydrogens (primary N) is 1. The molecule has 1 aromatic heterocycles. The number of nitrogens with one attached hydrogen (secondary N) is 1. The van der Waals surface area contributed by atoms with Crippen LogP contribution >= 0.6 is 15.9 Å². The normalized spacial score (nSPS) is 15.8. The molecular weight excluding hydrogens is 336 g/mol. The zero-order valence-corrected chi connectivity index (χ0v) is 12.5. The number of hydrogen-bond donors (Lipinski definition) is 3. The molecule has 1 fully saturated rings. The van der Waals surface area contributed by atoms with E-state index in [4.69, 9.17) is 10.9 Å². The number of aliphatic hydroxyl groups is 1. The summed E-state index contributed by atoms with van der Waals surface area (Å²) in [4.78, 5) is 3.94. The predicted octanol–water partition coefficient (Wildman–Crippen LogP) is 0.275. The first-order valence-electron chi connectivity index (χ1n) is 5.75. The summed E-state index contributed by atoms with van der Waals surface area (Å²) in [5.41, 5.74) is 2.28. The lowest BCUT2D eigenvalue weighted by Crippen LogP contribution is -2.36. The Kier molecular flexibility index (Phi) is 4.41. The first-order chi connectivity index (χ1) is 9.00. The maximum atomic E-state index is 12.6. The minimum atomic E-state index is -3.73. The van der Waals surface area contributed by atoms with Gasteiger partial charge in [0.05, 0.1) is 6.61 Å². The fourth-order valence-corrected chi connectivity index (χ4v) is 4.10. The second kappa shape index (κ2) is 5.71. The molecule has 0 radical (unpaired) electrons. The monoisotopic (exact) mass is 350 g/mol. The number of sulfonamides is 1. The Labute approximate surface area is 120 Å². The number of rotatable bonds is 6. The van der Waals surface area contributed by atoms with Gasteiger partial charge in [0.1, 0.15) is 4.90 Å². The average molecular weight is 351 g/mol. The first kappa shape index (κ1) is 14.7. The van der Waals surface area contributed by atoms with Crippen LogP contribution in [0.3, 0.4) is 0 Å². The van der Waals surface area contributed by atoms with E-state index >= 15 is 0 Å². The molecule has 19 heavy (non-hydrogen) atoms. The molecule has 1 heterocycles. The van der Waals surface area contributed by atoms with Crippen LogP contribution in [0, 0.1) is 0 Å². The van der Waals surface area contributed by atoms with Crippen LogP contribution in [0.4, 0.5) is 5.82 Å². The second-order valence-electron chi connectivity index (χ2n) is 4.22. The molecule has 1 aliphatic rings. The van der Waals surface area contributed by atoms with Crippen molar-refractivity contribution in [3.8, 4) is 0 Å². The van der Waals surface area contributed by atoms with Crippen molar-refractivity contribution in [2.75, 3.05) is 18.6 Å². The molecule has 1 aliphatic carbocycles. The van der Waals surface area contributed by atoms with Gasteiger partial charge in [0.15, 0.2) is 5.82 Å². The van der Waals surface area contributed by atoms with Gasteiger partial charge < -0.3 is 10.5 Å². The molecule has 0 unspecified atom stereocenters. The highest BCUT2D eigenvalue weighted by Gasteiger charge is 2.39. The third-order valence-corrected chi connectivity index (χ3v) is 5.22. The maximum Gasteiger partial charge on any atom is 0.247 e. The lowest BCUT2D eigenvalue weighted by atomic mass is 10.5. The minimum Gasteiger partial charge on any atom is -0.395 e. The molecule has 0 spiro atoms. The van der Waals surface area contributed by atoms with Crippen LogP contribution in [0.15, 0.2) is 21.6 Å². The van der Waals surface area contributed by atoms with Crippen LogP contribution in [-0.2, 0) is 10.0 Å². The number of pyridine rings is 1. The Morgan fingerprint density at radius 2 is 2.26 bits per heavy atom. The quantitative estimate of drug-likeness (QED) is 0.502. The van der Waals surface area contributed by atoms with Gasteiger partial charge in [-0.15, -0.1) is 0 Å². The number of nitrogen functional groups attached to an aromatic ring is 1. The summed E-state index contributed by atoms with van der Waals surface area (Å²) in [5.74, 6) is 5.39. The molecule has 0 atom stereocenters. The largest absolute Gasteiger partial charge is 0.395 e. The summed E-state index contributed by atoms with van der Waals surface area (Å²) >= 11 is 3.20. The third-order valence-electron chi connectivity index (χ3n) is 2.82. The Bertz CT molecular complexity index is 562. The molecule has 2 rings (SSSR count). The van der Waals surface area contributed by atoms with Gasteiger partial charge in [0.25, 0.3) is 0 Å². The zero-order chi connectivity index (χ0) is 14.0. The number of anilines is 1. The highest BCUT2D eigenvalue weighted by molar-refractivity contribution is 9.10. The van der Waals surface area contributed by atoms with Gasteiger partial charge >= 0.3 is 0 Å². The predicted molar refractivity (Wildman–Crippen MR) is 73.7 cm³/mol. The van der Waals surface area contributed by atoms with Crippen molar-refractivity contribution >= 4 is 31.8 Å². The van der Waals surface area contributed by atoms with E-state index in [9.17, 15) is 8.42 Å². The molecule has 1 saturated carbocycles. The second-order valence-corrected chi connectivity index (χ2v) is 6.99. The molecule has 4 N–H and O–H groups in total. The summed E-state index contributed by atoms with van der Waals surface area (Å²) in [6.45, 7) is -0.147. The van der Waals surface area contributed by atoms with Crippen LogP contribution in [0.25, 0.3) is 0 Å². The zero-order valence-electron chi connectivity index (χ0n) is 10.1. The van der Waals surface area contributed by atoms with E-state index in [-0.39, 0.29) is 29.9 Å². The Morgan fingerprint density at radius 1 is 1.58 bits per heavy atom. The van der Waals surface area contributed by atoms with E-state index in [1.165, 1.54) is 16.6 Å². The van der Waals surface area contributed by atoms with Crippen molar-refractivity contribution in [1.29, 1.82) is 0 Å². The lowest BCUT2D eigenvalue weighted by molar-refractivity contribution is 0.250. The SMILES string of the molecule is NNc1ncc(Br)cc1S(=O)(=O)N(CCO)C1CC1. The molecular formula is C10H15BrN4O3S. The van der Waals surface area contributed by atoms with Crippen LogP contribution < -0.4 is 11.3 Å². The van der Waals surface area contributed by atoms with Gasteiger partial charge in [0, 0.05) is 23.3 Å². The number of halogens is 1. The number of aliphatic hydroxyl groups excluding tert-OH is 1. The molecule has 0 saturated heterocycles. The van der Waals surface area contributed by atoms with E-state index in [2.05, 4.69) is 26.3 Å². The van der Waals surface area contributed by atoms with Crippen LogP contribution in [0.5, 0.6) is 0 Å². The summed E-state index contributed by atoms with van der Waals surface area (Å²) < 4.78 is 27.0. The summed E-state index contributed by atoms with van der Waals surface area (Å²) in [6, 6.07) is 1.41. The van der Waals surface area contributed by atoms with Crippen molar-refractivity contribution in [3.63, 3.8) is 0 Å². The molecule has 0 bridgehead atoms. The molecule has 0 amide bonds. The van der Waals surface area contributed by atoms with Gasteiger partial charge in [-0.1, -0.05) is 0 Å². The van der Waals surface area contributed by atoms with Crippen molar-refractivity contribution in [2.24, 2.45) is 5.84 Å². The average Bonchev–Trinajstić information content (AvgIpc) is 3.20. The molecule has 0 aliphatic heterocycles. The van der Waals surface area contributed by atoms with Gasteiger partial charge in [0.2, 0.25) is 10.0 Å². The smallest absolute Gasteiger partial charge is 0.247 e. The van der Waals surface area contributed by atoms with Crippen molar-refractivity contribution < 1.29 is 13.5 Å². The van der Waals surface area contributed by atoms with Gasteiger partial charge in [-0.2, -0.15) is 4.31 Å². The van der Waals surface area contributed by atoms with Crippen LogP contribution in [0.2, 0.25) is 0 Å². The Morgan fingerprint density at radius 3 is 2.79 bits per heavy atom. The van der Waals surface area contributed by atoms with Crippen molar-refractivity contribution in [3.05, 3.63) is 16.7 Å². The molecule has 0 aromatic carbocycles. The fourth-order valence-electron chi connectivity index (χ4n) is 1.81. The fraction of sp³-hybridized carbons (Fsp3) is 0.500. The number of nitrogens with zero attached hydrogens (tertiary/aromatic N) is 2. The highest BCUT2D eigenvalue weighted by Crippen LogP contribution is 2.34. The van der Waals surface area contributed by atoms with Crippen LogP contribution in [0.1, 0.15) is 12.8 Å². The summed E-state index contributed by atoms with van der Waals surface area (Å²) in [5, 5.41) is 9.03. The Hall–Kier alpha value is -0.740. The van der Waals surface area contributed by atoms with E-state index in [1.807, 2.05) is 0 Å². The number of hydrogen-bond acceptors (Lipinski definition) is 6. The standard InChI is InChI=1S/C10H15BrN4O3S/c11-7-5-9(10(14-12)13-6-7)19(17,18)15(3-4-16)8-1-2-8/h5-6,8,16H,1-4,12H2,(H,13,14). The maximum absolute atomic E-state index is 12.6. The molecule has 7 nitrogen and oxygen atoms in total. The van der Waals surface area contributed by atoms with Crippen molar-refractivity contribution in [1.82, 2.24) is 9.29 Å². The molecule has 106 valence electrons. The first-order valence-corrected chi connectivity index (χ1v) is 7.99. The van der Waals surface area contributed by atoms with Gasteiger partial charge in [-0.25, -0.2) is 19.2 Å². The van der Waals surface area contributed by atoms with E-state index in [1.54, 1.807) is 0 Å². The van der Waals surface area contributed by atoms with Gasteiger partial charge in [-0.3, -0.25) is 0 Å². The summed E-state index contributed by atoms with van der Waals surface area (Å²) in [6.07, 6.45) is 3.08. The minimum absolute atomic E-state index is 0.00438. The van der Waals surface area contributed by atoms with E-state index in [0.29, 0.717) is 4.47 Å². The van der Waals surface area contributed by atoms with Crippen LogP contribution in [-0.4, -0.2) is 42.0 Å². The van der Waals surface area contributed by atoms with E-state index < -0.39 is 10.0 Å². The highest BCUT2D eigenvalue weighted by atomic mass is 79.9.